The summed E-state index contributed by atoms with van der Waals surface area (Å²) in [6.45, 7) is 7.22. The molecule has 1 aliphatic rings. The van der Waals surface area contributed by atoms with E-state index in [9.17, 15) is 5.11 Å². The Bertz CT molecular complexity index is 960. The van der Waals surface area contributed by atoms with Crippen molar-refractivity contribution in [2.75, 3.05) is 5.32 Å². The quantitative estimate of drug-likeness (QED) is 0.533. The van der Waals surface area contributed by atoms with Crippen LogP contribution in [0.25, 0.3) is 11.2 Å². The third-order valence-electron chi connectivity index (χ3n) is 5.89. The molecule has 2 N–H and O–H groups in total. The van der Waals surface area contributed by atoms with Crippen LogP contribution >= 0.6 is 0 Å². The first-order chi connectivity index (χ1) is 14.5. The van der Waals surface area contributed by atoms with Crippen molar-refractivity contribution < 1.29 is 5.11 Å². The third kappa shape index (κ3) is 5.32. The van der Waals surface area contributed by atoms with Gasteiger partial charge in [0.25, 0.3) is 0 Å². The minimum absolute atomic E-state index is 0.305. The summed E-state index contributed by atoms with van der Waals surface area (Å²) in [6.07, 6.45) is 14.3. The molecule has 0 spiro atoms. The lowest BCUT2D eigenvalue weighted by Crippen LogP contribution is -2.32. The molecule has 1 fully saturated rings. The average molecular weight is 408 g/mol. The fourth-order valence-corrected chi connectivity index (χ4v) is 4.11. The van der Waals surface area contributed by atoms with Crippen molar-refractivity contribution in [3.8, 4) is 24.2 Å². The first kappa shape index (κ1) is 22.1. The standard InChI is InChI=1S/C24H33N5O/c1-5-8-9-15-29-17-25-21-22(26-19(6-2)7-3)27-20(28-23(21)29)12-14-24(30)13-10-11-18(4)16-24/h1,17-19,30H,6-11,13,15-16H2,2-4H3,(H,26,27,28)/t18-,24-/m1/s1. The van der Waals surface area contributed by atoms with Crippen molar-refractivity contribution in [1.82, 2.24) is 19.5 Å². The van der Waals surface area contributed by atoms with E-state index in [1.165, 1.54) is 0 Å². The van der Waals surface area contributed by atoms with Gasteiger partial charge in [0, 0.05) is 19.0 Å². The van der Waals surface area contributed by atoms with Crippen LogP contribution in [-0.2, 0) is 6.54 Å². The van der Waals surface area contributed by atoms with Crippen LogP contribution in [0.5, 0.6) is 0 Å². The van der Waals surface area contributed by atoms with E-state index in [0.717, 1.165) is 49.8 Å². The number of imidazole rings is 1. The summed E-state index contributed by atoms with van der Waals surface area (Å²) in [7, 11) is 0. The van der Waals surface area contributed by atoms with Crippen LogP contribution in [0.15, 0.2) is 6.33 Å². The van der Waals surface area contributed by atoms with Gasteiger partial charge >= 0.3 is 0 Å². The summed E-state index contributed by atoms with van der Waals surface area (Å²) in [6, 6.07) is 0.305. The molecule has 1 aliphatic carbocycles. The van der Waals surface area contributed by atoms with Crippen molar-refractivity contribution in [3.05, 3.63) is 12.2 Å². The number of nitrogens with one attached hydrogen (secondary N) is 1. The van der Waals surface area contributed by atoms with Crippen LogP contribution in [0.3, 0.4) is 0 Å². The number of nitrogens with zero attached hydrogens (tertiary/aromatic N) is 4. The minimum atomic E-state index is -0.952. The molecular weight excluding hydrogens is 374 g/mol. The highest BCUT2D eigenvalue weighted by molar-refractivity contribution is 5.83. The molecule has 2 atom stereocenters. The van der Waals surface area contributed by atoms with Gasteiger partial charge in [0.2, 0.25) is 5.82 Å². The second-order valence-electron chi connectivity index (χ2n) is 8.45. The van der Waals surface area contributed by atoms with E-state index in [1.54, 1.807) is 6.33 Å². The van der Waals surface area contributed by atoms with E-state index >= 15 is 0 Å². The van der Waals surface area contributed by atoms with Crippen LogP contribution in [0.1, 0.15) is 78.0 Å². The maximum absolute atomic E-state index is 10.9. The number of rotatable bonds is 7. The number of aromatic nitrogens is 4. The molecule has 0 radical (unpaired) electrons. The van der Waals surface area contributed by atoms with Crippen molar-refractivity contribution in [1.29, 1.82) is 0 Å². The van der Waals surface area contributed by atoms with Crippen molar-refractivity contribution >= 4 is 17.0 Å². The molecule has 3 rings (SSSR count). The third-order valence-corrected chi connectivity index (χ3v) is 5.89. The Morgan fingerprint density at radius 2 is 2.17 bits per heavy atom. The summed E-state index contributed by atoms with van der Waals surface area (Å²) in [5, 5.41) is 14.4. The Hall–Kier alpha value is -2.57. The highest BCUT2D eigenvalue weighted by Crippen LogP contribution is 2.31. The first-order valence-corrected chi connectivity index (χ1v) is 11.2. The largest absolute Gasteiger partial charge is 0.378 e. The number of fused-ring (bicyclic) bond motifs is 1. The lowest BCUT2D eigenvalue weighted by Gasteiger charge is -2.30. The zero-order valence-electron chi connectivity index (χ0n) is 18.4. The lowest BCUT2D eigenvalue weighted by molar-refractivity contribution is 0.0410. The summed E-state index contributed by atoms with van der Waals surface area (Å²) < 4.78 is 2.01. The lowest BCUT2D eigenvalue weighted by atomic mass is 9.79. The van der Waals surface area contributed by atoms with Gasteiger partial charge in [-0.2, -0.15) is 0 Å². The van der Waals surface area contributed by atoms with Crippen LogP contribution in [0.2, 0.25) is 0 Å². The molecule has 0 unspecified atom stereocenters. The normalized spacial score (nSPS) is 21.3. The molecule has 6 heteroatoms. The number of hydrogen-bond donors (Lipinski definition) is 2. The zero-order valence-corrected chi connectivity index (χ0v) is 18.4. The van der Waals surface area contributed by atoms with Crippen molar-refractivity contribution in [2.24, 2.45) is 5.92 Å². The smallest absolute Gasteiger partial charge is 0.209 e. The van der Waals surface area contributed by atoms with Gasteiger partial charge in [-0.15, -0.1) is 12.3 Å². The number of aliphatic hydroxyl groups is 1. The molecule has 0 aliphatic heterocycles. The molecule has 0 amide bonds. The van der Waals surface area contributed by atoms with Gasteiger partial charge in [0.05, 0.1) is 6.33 Å². The van der Waals surface area contributed by atoms with E-state index < -0.39 is 5.60 Å². The predicted octanol–water partition coefficient (Wildman–Crippen LogP) is 4.13. The van der Waals surface area contributed by atoms with E-state index in [4.69, 9.17) is 6.42 Å². The predicted molar refractivity (Wildman–Crippen MR) is 121 cm³/mol. The van der Waals surface area contributed by atoms with E-state index in [0.29, 0.717) is 42.9 Å². The van der Waals surface area contributed by atoms with Gasteiger partial charge in [-0.3, -0.25) is 0 Å². The summed E-state index contributed by atoms with van der Waals surface area (Å²) >= 11 is 0. The minimum Gasteiger partial charge on any atom is -0.378 e. The van der Waals surface area contributed by atoms with E-state index in [2.05, 4.69) is 58.8 Å². The van der Waals surface area contributed by atoms with Gasteiger partial charge in [0.15, 0.2) is 17.0 Å². The number of terminal acetylenes is 1. The topological polar surface area (TPSA) is 75.9 Å². The molecule has 2 aromatic rings. The Morgan fingerprint density at radius 3 is 2.87 bits per heavy atom. The molecule has 0 bridgehead atoms. The van der Waals surface area contributed by atoms with E-state index in [-0.39, 0.29) is 0 Å². The Labute approximate surface area is 179 Å². The fourth-order valence-electron chi connectivity index (χ4n) is 4.11. The van der Waals surface area contributed by atoms with Crippen LogP contribution in [0.4, 0.5) is 5.82 Å². The van der Waals surface area contributed by atoms with Crippen LogP contribution in [-0.4, -0.2) is 36.3 Å². The molecule has 0 aromatic carbocycles. The highest BCUT2D eigenvalue weighted by atomic mass is 16.3. The van der Waals surface area contributed by atoms with Gasteiger partial charge in [-0.1, -0.05) is 33.1 Å². The summed E-state index contributed by atoms with van der Waals surface area (Å²) in [5.41, 5.74) is 0.549. The van der Waals surface area contributed by atoms with Gasteiger partial charge in [0.1, 0.15) is 5.60 Å². The number of anilines is 1. The summed E-state index contributed by atoms with van der Waals surface area (Å²) in [4.78, 5) is 13.9. The van der Waals surface area contributed by atoms with Gasteiger partial charge in [-0.25, -0.2) is 15.0 Å². The monoisotopic (exact) mass is 407 g/mol. The fraction of sp³-hybridized carbons (Fsp3) is 0.625. The van der Waals surface area contributed by atoms with Gasteiger partial charge in [-0.05, 0) is 50.4 Å². The molecule has 2 aromatic heterocycles. The molecule has 160 valence electrons. The SMILES string of the molecule is C#CCCCn1cnc2c(NC(CC)CC)nc(C#C[C@]3(O)CCC[C@@H](C)C3)nc21. The van der Waals surface area contributed by atoms with E-state index in [1.807, 2.05) is 4.57 Å². The highest BCUT2D eigenvalue weighted by Gasteiger charge is 2.30. The number of aryl methyl sites for hydroxylation is 1. The Kier molecular flexibility index (Phi) is 7.34. The van der Waals surface area contributed by atoms with Crippen molar-refractivity contribution in [2.45, 2.75) is 90.3 Å². The number of hydrogen-bond acceptors (Lipinski definition) is 5. The first-order valence-electron chi connectivity index (χ1n) is 11.2. The zero-order chi connectivity index (χ0) is 21.6. The maximum atomic E-state index is 10.9. The molecule has 1 saturated carbocycles. The molecule has 30 heavy (non-hydrogen) atoms. The second kappa shape index (κ2) is 9.96. The Morgan fingerprint density at radius 1 is 1.37 bits per heavy atom. The summed E-state index contributed by atoms with van der Waals surface area (Å²) in [5.74, 6) is 10.4. The molecule has 2 heterocycles. The molecule has 0 saturated heterocycles. The molecular formula is C24H33N5O. The average Bonchev–Trinajstić information content (AvgIpc) is 3.14. The molecule has 6 nitrogen and oxygen atoms in total. The van der Waals surface area contributed by atoms with Crippen LogP contribution < -0.4 is 5.32 Å². The Balaban J connectivity index is 1.98. The number of unbranched alkanes of at least 4 members (excludes halogenated alkanes) is 1. The second-order valence-corrected chi connectivity index (χ2v) is 8.45. The maximum Gasteiger partial charge on any atom is 0.209 e. The van der Waals surface area contributed by atoms with Gasteiger partial charge < -0.3 is 15.0 Å². The van der Waals surface area contributed by atoms with Crippen molar-refractivity contribution in [3.63, 3.8) is 0 Å². The van der Waals surface area contributed by atoms with Crippen LogP contribution in [0, 0.1) is 30.1 Å².